The number of alkyl halides is 3. The van der Waals surface area contributed by atoms with Crippen LogP contribution in [0.15, 0.2) is 55.5 Å². The third kappa shape index (κ3) is 5.64. The molecule has 0 aliphatic rings. The van der Waals surface area contributed by atoms with E-state index in [4.69, 9.17) is 16.3 Å². The summed E-state index contributed by atoms with van der Waals surface area (Å²) >= 11 is 6.04. The van der Waals surface area contributed by atoms with Crippen LogP contribution in [0, 0.1) is 0 Å². The van der Waals surface area contributed by atoms with Gasteiger partial charge in [0, 0.05) is 18.0 Å². The molecule has 1 aromatic carbocycles. The van der Waals surface area contributed by atoms with Crippen molar-refractivity contribution in [1.82, 2.24) is 15.0 Å². The summed E-state index contributed by atoms with van der Waals surface area (Å²) < 4.78 is 45.6. The number of amides is 1. The second-order valence-electron chi connectivity index (χ2n) is 6.21. The molecule has 1 amide bonds. The number of methoxy groups -OCH3 is 1. The molecule has 0 radical (unpaired) electrons. The summed E-state index contributed by atoms with van der Waals surface area (Å²) in [6, 6.07) is 5.80. The van der Waals surface area contributed by atoms with Crippen LogP contribution in [0.3, 0.4) is 0 Å². The molecule has 0 unspecified atom stereocenters. The maximum atomic E-state index is 13.5. The van der Waals surface area contributed by atoms with E-state index in [2.05, 4.69) is 37.5 Å². The Hall–Kier alpha value is -3.86. The Bertz CT molecular complexity index is 1160. The number of carbonyl (C=O) groups excluding carboxylic acids is 1. The molecule has 0 saturated carbocycles. The maximum Gasteiger partial charge on any atom is 0.421 e. The van der Waals surface area contributed by atoms with Crippen molar-refractivity contribution in [3.63, 3.8) is 0 Å². The lowest BCUT2D eigenvalue weighted by molar-refractivity contribution is -0.137. The fourth-order valence-electron chi connectivity index (χ4n) is 2.49. The summed E-state index contributed by atoms with van der Waals surface area (Å²) in [7, 11) is 1.45. The fourth-order valence-corrected chi connectivity index (χ4v) is 2.66. The van der Waals surface area contributed by atoms with Crippen molar-refractivity contribution in [3.05, 3.63) is 66.1 Å². The van der Waals surface area contributed by atoms with E-state index in [0.29, 0.717) is 17.6 Å². The van der Waals surface area contributed by atoms with Gasteiger partial charge in [0.2, 0.25) is 11.9 Å². The molecule has 3 N–H and O–H groups in total. The van der Waals surface area contributed by atoms with Crippen LogP contribution in [-0.2, 0) is 11.0 Å². The van der Waals surface area contributed by atoms with Gasteiger partial charge in [0.25, 0.3) is 0 Å². The zero-order chi connectivity index (χ0) is 23.3. The van der Waals surface area contributed by atoms with Crippen molar-refractivity contribution in [2.75, 3.05) is 23.1 Å². The van der Waals surface area contributed by atoms with Crippen LogP contribution in [0.5, 0.6) is 5.75 Å². The molecule has 0 spiro atoms. The highest BCUT2D eigenvalue weighted by atomic mass is 35.5. The third-order valence-electron chi connectivity index (χ3n) is 3.97. The van der Waals surface area contributed by atoms with Crippen LogP contribution in [0.1, 0.15) is 5.56 Å². The first kappa shape index (κ1) is 22.8. The van der Waals surface area contributed by atoms with E-state index in [0.717, 1.165) is 6.08 Å². The van der Waals surface area contributed by atoms with Crippen LogP contribution in [0.2, 0.25) is 5.02 Å². The Labute approximate surface area is 185 Å². The number of pyridine rings is 1. The average Bonchev–Trinajstić information content (AvgIpc) is 2.75. The Morgan fingerprint density at radius 2 is 1.94 bits per heavy atom. The number of halogens is 4. The highest BCUT2D eigenvalue weighted by Gasteiger charge is 2.35. The van der Waals surface area contributed by atoms with Crippen molar-refractivity contribution >= 4 is 46.3 Å². The number of nitrogens with zero attached hydrogens (tertiary/aromatic N) is 3. The largest absolute Gasteiger partial charge is 0.495 e. The zero-order valence-electron chi connectivity index (χ0n) is 16.5. The Morgan fingerprint density at radius 1 is 1.16 bits per heavy atom. The van der Waals surface area contributed by atoms with Gasteiger partial charge in [-0.15, -0.1) is 0 Å². The molecule has 32 heavy (non-hydrogen) atoms. The van der Waals surface area contributed by atoms with Gasteiger partial charge in [0.15, 0.2) is 0 Å². The topological polar surface area (TPSA) is 101 Å². The third-order valence-corrected chi connectivity index (χ3v) is 4.30. The Balaban J connectivity index is 1.95. The molecule has 2 aromatic heterocycles. The fraction of sp³-hybridized carbons (Fsp3) is 0.100. The number of nitrogens with one attached hydrogen (secondary N) is 3. The van der Waals surface area contributed by atoms with Gasteiger partial charge in [-0.2, -0.15) is 18.2 Å². The lowest BCUT2D eigenvalue weighted by Gasteiger charge is -2.16. The van der Waals surface area contributed by atoms with Crippen molar-refractivity contribution in [3.8, 4) is 5.75 Å². The van der Waals surface area contributed by atoms with E-state index >= 15 is 0 Å². The minimum Gasteiger partial charge on any atom is -0.495 e. The van der Waals surface area contributed by atoms with E-state index in [1.165, 1.54) is 37.7 Å². The van der Waals surface area contributed by atoms with E-state index in [-0.39, 0.29) is 22.3 Å². The second-order valence-corrected chi connectivity index (χ2v) is 6.61. The van der Waals surface area contributed by atoms with E-state index in [1.807, 2.05) is 0 Å². The van der Waals surface area contributed by atoms with Crippen molar-refractivity contribution in [1.29, 1.82) is 0 Å². The molecule has 12 heteroatoms. The van der Waals surface area contributed by atoms with E-state index < -0.39 is 23.5 Å². The van der Waals surface area contributed by atoms with Gasteiger partial charge in [0.05, 0.1) is 35.9 Å². The molecule has 0 aliphatic carbocycles. The van der Waals surface area contributed by atoms with Gasteiger partial charge in [-0.05, 0) is 24.3 Å². The summed E-state index contributed by atoms with van der Waals surface area (Å²) in [6.07, 6.45) is -0.125. The maximum absolute atomic E-state index is 13.5. The monoisotopic (exact) mass is 464 g/mol. The molecule has 166 valence electrons. The van der Waals surface area contributed by atoms with Crippen molar-refractivity contribution in [2.45, 2.75) is 6.18 Å². The molecular formula is C20H16ClF3N6O2. The quantitative estimate of drug-likeness (QED) is 0.415. The summed E-state index contributed by atoms with van der Waals surface area (Å²) in [5.41, 5.74) is -0.286. The zero-order valence-corrected chi connectivity index (χ0v) is 17.3. The smallest absolute Gasteiger partial charge is 0.421 e. The molecule has 0 atom stereocenters. The number of hydrogen-bond acceptors (Lipinski definition) is 7. The number of anilines is 5. The molecular weight excluding hydrogens is 449 g/mol. The molecule has 8 nitrogen and oxygen atoms in total. The second kappa shape index (κ2) is 9.52. The number of ether oxygens (including phenoxy) is 1. The minimum atomic E-state index is -4.72. The van der Waals surface area contributed by atoms with Gasteiger partial charge in [-0.3, -0.25) is 9.78 Å². The average molecular weight is 465 g/mol. The van der Waals surface area contributed by atoms with Crippen LogP contribution in [-0.4, -0.2) is 28.0 Å². The summed E-state index contributed by atoms with van der Waals surface area (Å²) in [5.74, 6) is -0.699. The number of rotatable bonds is 7. The van der Waals surface area contributed by atoms with E-state index in [1.54, 1.807) is 6.07 Å². The molecule has 0 saturated heterocycles. The molecule has 3 rings (SSSR count). The minimum absolute atomic E-state index is 0.107. The van der Waals surface area contributed by atoms with Gasteiger partial charge < -0.3 is 20.7 Å². The van der Waals surface area contributed by atoms with Crippen molar-refractivity contribution < 1.29 is 22.7 Å². The van der Waals surface area contributed by atoms with Gasteiger partial charge in [-0.1, -0.05) is 18.2 Å². The molecule has 0 bridgehead atoms. The number of carbonyl (C=O) groups is 1. The van der Waals surface area contributed by atoms with Crippen LogP contribution in [0.25, 0.3) is 0 Å². The molecule has 3 aromatic rings. The van der Waals surface area contributed by atoms with Crippen LogP contribution < -0.4 is 20.7 Å². The van der Waals surface area contributed by atoms with Gasteiger partial charge in [0.1, 0.15) is 17.1 Å². The van der Waals surface area contributed by atoms with Crippen LogP contribution >= 0.6 is 11.6 Å². The lowest BCUT2D eigenvalue weighted by atomic mass is 10.2. The summed E-state index contributed by atoms with van der Waals surface area (Å²) in [4.78, 5) is 23.2. The number of hydrogen-bond donors (Lipinski definition) is 3. The molecule has 2 heterocycles. The van der Waals surface area contributed by atoms with Crippen LogP contribution in [0.4, 0.5) is 42.0 Å². The first-order chi connectivity index (χ1) is 15.2. The van der Waals surface area contributed by atoms with E-state index in [9.17, 15) is 18.0 Å². The first-order valence-corrected chi connectivity index (χ1v) is 9.27. The lowest BCUT2D eigenvalue weighted by Crippen LogP contribution is -2.13. The summed E-state index contributed by atoms with van der Waals surface area (Å²) in [6.45, 7) is 3.34. The normalized spacial score (nSPS) is 10.9. The first-order valence-electron chi connectivity index (χ1n) is 8.90. The SMILES string of the molecule is C=CC(=O)Nc1cc(Nc2nc(Nc3cncc(OC)c3)ncc2C(F)(F)F)ccc1Cl. The predicted octanol–water partition coefficient (Wildman–Crippen LogP) is 5.16. The molecule has 0 aliphatic heterocycles. The standard InChI is InChI=1S/C20H16ClF3N6O2/c1-3-17(31)29-16-7-11(4-5-15(16)21)27-18-14(20(22,23)24)10-26-19(30-18)28-12-6-13(32-2)9-25-8-12/h3-10H,1H2,2H3,(H,29,31)(H2,26,27,28,30). The van der Waals surface area contributed by atoms with Crippen molar-refractivity contribution in [2.24, 2.45) is 0 Å². The highest BCUT2D eigenvalue weighted by Crippen LogP contribution is 2.36. The van der Waals surface area contributed by atoms with Gasteiger partial charge >= 0.3 is 6.18 Å². The van der Waals surface area contributed by atoms with Gasteiger partial charge in [-0.25, -0.2) is 4.98 Å². The predicted molar refractivity (Wildman–Crippen MR) is 115 cm³/mol. The highest BCUT2D eigenvalue weighted by molar-refractivity contribution is 6.34. The number of benzene rings is 1. The number of aromatic nitrogens is 3. The molecule has 0 fully saturated rings. The Morgan fingerprint density at radius 3 is 2.62 bits per heavy atom. The summed E-state index contributed by atoms with van der Waals surface area (Å²) in [5, 5.41) is 8.04. The Kier molecular flexibility index (Phi) is 6.79.